The van der Waals surface area contributed by atoms with Gasteiger partial charge in [-0.25, -0.2) is 4.79 Å². The highest BCUT2D eigenvalue weighted by Gasteiger charge is 2.10. The van der Waals surface area contributed by atoms with E-state index >= 15 is 0 Å². The first kappa shape index (κ1) is 16.4. The molecule has 112 valence electrons. The molecule has 1 aromatic rings. The molecular weight excluding hydrogens is 262 g/mol. The number of benzene rings is 1. The predicted octanol–water partition coefficient (Wildman–Crippen LogP) is -0.843. The molecule has 20 heavy (non-hydrogen) atoms. The maximum absolute atomic E-state index is 11.4. The minimum absolute atomic E-state index is 0.126. The number of quaternary nitrogens is 1. The van der Waals surface area contributed by atoms with Crippen LogP contribution in [0.15, 0.2) is 24.3 Å². The Morgan fingerprint density at radius 2 is 2.10 bits per heavy atom. The highest BCUT2D eigenvalue weighted by atomic mass is 16.5. The van der Waals surface area contributed by atoms with Crippen LogP contribution in [0.3, 0.4) is 0 Å². The number of methoxy groups -OCH3 is 1. The number of carbonyl (C=O) groups is 1. The molecule has 0 heterocycles. The Hall–Kier alpha value is -1.63. The van der Waals surface area contributed by atoms with Crippen molar-refractivity contribution >= 4 is 5.97 Å². The molecule has 0 spiro atoms. The summed E-state index contributed by atoms with van der Waals surface area (Å²) >= 11 is 0. The van der Waals surface area contributed by atoms with Crippen LogP contribution < -0.4 is 10.1 Å². The van der Waals surface area contributed by atoms with Crippen LogP contribution in [-0.2, 0) is 4.74 Å². The van der Waals surface area contributed by atoms with E-state index in [9.17, 15) is 9.90 Å². The summed E-state index contributed by atoms with van der Waals surface area (Å²) in [6, 6.07) is 6.59. The van der Waals surface area contributed by atoms with Crippen molar-refractivity contribution in [2.24, 2.45) is 0 Å². The van der Waals surface area contributed by atoms with Crippen LogP contribution in [0.4, 0.5) is 0 Å². The second-order valence-corrected chi connectivity index (χ2v) is 4.59. The normalized spacial score (nSPS) is 13.6. The van der Waals surface area contributed by atoms with E-state index < -0.39 is 18.2 Å². The standard InChI is InChI=1S/C14H21NO5/c1-10(16)7-15-8-12(17)9-20-13-5-3-4-11(6-13)14(18)19-2/h3-6,10,12,15-17H,7-9H2,1-2H3/p+1/t10-,12-/m0/s1. The monoisotopic (exact) mass is 284 g/mol. The average molecular weight is 284 g/mol. The van der Waals surface area contributed by atoms with E-state index in [0.29, 0.717) is 24.4 Å². The smallest absolute Gasteiger partial charge is 0.337 e. The SMILES string of the molecule is COC(=O)c1cccc(OC[C@@H](O)C[NH2+]C[C@H](C)O)c1. The molecule has 6 heteroatoms. The third-order valence-electron chi connectivity index (χ3n) is 2.64. The predicted molar refractivity (Wildman–Crippen MR) is 72.6 cm³/mol. The molecule has 0 aliphatic heterocycles. The molecule has 0 saturated carbocycles. The van der Waals surface area contributed by atoms with E-state index in [2.05, 4.69) is 4.74 Å². The van der Waals surface area contributed by atoms with Crippen molar-refractivity contribution in [1.29, 1.82) is 0 Å². The van der Waals surface area contributed by atoms with Crippen LogP contribution >= 0.6 is 0 Å². The van der Waals surface area contributed by atoms with Gasteiger partial charge in [-0.15, -0.1) is 0 Å². The van der Waals surface area contributed by atoms with Crippen molar-refractivity contribution in [2.75, 3.05) is 26.8 Å². The fourth-order valence-corrected chi connectivity index (χ4v) is 1.62. The first-order valence-electron chi connectivity index (χ1n) is 6.52. The van der Waals surface area contributed by atoms with Crippen molar-refractivity contribution in [3.63, 3.8) is 0 Å². The number of hydrogen-bond donors (Lipinski definition) is 3. The number of hydrogen-bond acceptors (Lipinski definition) is 5. The molecule has 0 radical (unpaired) electrons. The summed E-state index contributed by atoms with van der Waals surface area (Å²) in [5.41, 5.74) is 0.403. The molecule has 0 aliphatic rings. The van der Waals surface area contributed by atoms with Gasteiger partial charge in [-0.2, -0.15) is 0 Å². The van der Waals surface area contributed by atoms with Crippen molar-refractivity contribution in [3.05, 3.63) is 29.8 Å². The van der Waals surface area contributed by atoms with Gasteiger partial charge < -0.3 is 25.0 Å². The highest BCUT2D eigenvalue weighted by Crippen LogP contribution is 2.14. The number of ether oxygens (including phenoxy) is 2. The number of esters is 1. The van der Waals surface area contributed by atoms with Gasteiger partial charge in [0.1, 0.15) is 31.5 Å². The van der Waals surface area contributed by atoms with Crippen LogP contribution in [0.1, 0.15) is 17.3 Å². The number of aliphatic hydroxyl groups is 2. The highest BCUT2D eigenvalue weighted by molar-refractivity contribution is 5.89. The van der Waals surface area contributed by atoms with Crippen molar-refractivity contribution < 1.29 is 29.8 Å². The molecular formula is C14H22NO5+. The Kier molecular flexibility index (Phi) is 7.00. The third kappa shape index (κ3) is 6.01. The summed E-state index contributed by atoms with van der Waals surface area (Å²) < 4.78 is 10.0. The lowest BCUT2D eigenvalue weighted by Gasteiger charge is -2.12. The van der Waals surface area contributed by atoms with Gasteiger partial charge in [0.25, 0.3) is 0 Å². The van der Waals surface area contributed by atoms with E-state index in [0.717, 1.165) is 0 Å². The van der Waals surface area contributed by atoms with Gasteiger partial charge in [0, 0.05) is 0 Å². The van der Waals surface area contributed by atoms with Gasteiger partial charge in [0.05, 0.1) is 18.8 Å². The summed E-state index contributed by atoms with van der Waals surface area (Å²) in [5.74, 6) is 0.0729. The first-order chi connectivity index (χ1) is 9.52. The zero-order chi connectivity index (χ0) is 15.0. The minimum Gasteiger partial charge on any atom is -0.491 e. The average Bonchev–Trinajstić information content (AvgIpc) is 2.44. The molecule has 2 atom stereocenters. The second-order valence-electron chi connectivity index (χ2n) is 4.59. The molecule has 6 nitrogen and oxygen atoms in total. The Labute approximate surface area is 118 Å². The lowest BCUT2D eigenvalue weighted by molar-refractivity contribution is -0.666. The molecule has 0 amide bonds. The fourth-order valence-electron chi connectivity index (χ4n) is 1.62. The van der Waals surface area contributed by atoms with Crippen LogP contribution in [-0.4, -0.2) is 55.2 Å². The fraction of sp³-hybridized carbons (Fsp3) is 0.500. The zero-order valence-electron chi connectivity index (χ0n) is 11.8. The van der Waals surface area contributed by atoms with E-state index in [4.69, 9.17) is 9.84 Å². The Morgan fingerprint density at radius 1 is 1.35 bits per heavy atom. The van der Waals surface area contributed by atoms with Gasteiger partial charge in [0.15, 0.2) is 0 Å². The zero-order valence-corrected chi connectivity index (χ0v) is 11.8. The lowest BCUT2D eigenvalue weighted by Crippen LogP contribution is -2.88. The van der Waals surface area contributed by atoms with Crippen LogP contribution in [0, 0.1) is 0 Å². The molecule has 0 aromatic heterocycles. The largest absolute Gasteiger partial charge is 0.491 e. The summed E-state index contributed by atoms with van der Waals surface area (Å²) in [5, 5.41) is 20.6. The Morgan fingerprint density at radius 3 is 2.75 bits per heavy atom. The molecule has 1 aromatic carbocycles. The number of aliphatic hydroxyl groups excluding tert-OH is 2. The van der Waals surface area contributed by atoms with Crippen molar-refractivity contribution in [2.45, 2.75) is 19.1 Å². The molecule has 1 rings (SSSR count). The van der Waals surface area contributed by atoms with Gasteiger partial charge in [0.2, 0.25) is 0 Å². The number of carbonyl (C=O) groups excluding carboxylic acids is 1. The van der Waals surface area contributed by atoms with Gasteiger partial charge >= 0.3 is 5.97 Å². The van der Waals surface area contributed by atoms with E-state index in [1.54, 1.807) is 31.2 Å². The van der Waals surface area contributed by atoms with Crippen molar-refractivity contribution in [3.8, 4) is 5.75 Å². The first-order valence-corrected chi connectivity index (χ1v) is 6.52. The van der Waals surface area contributed by atoms with Gasteiger partial charge in [-0.3, -0.25) is 0 Å². The molecule has 0 saturated heterocycles. The Bertz CT molecular complexity index is 422. The van der Waals surface area contributed by atoms with E-state index in [1.807, 2.05) is 5.32 Å². The van der Waals surface area contributed by atoms with Gasteiger partial charge in [-0.1, -0.05) is 6.07 Å². The number of nitrogens with two attached hydrogens (primary N) is 1. The Balaban J connectivity index is 2.39. The molecule has 0 fully saturated rings. The summed E-state index contributed by atoms with van der Waals surface area (Å²) in [4.78, 5) is 11.4. The van der Waals surface area contributed by atoms with Crippen LogP contribution in [0.5, 0.6) is 5.75 Å². The summed E-state index contributed by atoms with van der Waals surface area (Å²) in [6.45, 7) is 2.80. The van der Waals surface area contributed by atoms with Crippen LogP contribution in [0.25, 0.3) is 0 Å². The minimum atomic E-state index is -0.643. The topological polar surface area (TPSA) is 92.6 Å². The quantitative estimate of drug-likeness (QED) is 0.541. The third-order valence-corrected chi connectivity index (χ3v) is 2.64. The van der Waals surface area contributed by atoms with Crippen molar-refractivity contribution in [1.82, 2.24) is 0 Å². The van der Waals surface area contributed by atoms with Crippen LogP contribution in [0.2, 0.25) is 0 Å². The lowest BCUT2D eigenvalue weighted by atomic mass is 10.2. The maximum atomic E-state index is 11.4. The van der Waals surface area contributed by atoms with E-state index in [1.165, 1.54) is 7.11 Å². The second kappa shape index (κ2) is 8.52. The van der Waals surface area contributed by atoms with E-state index in [-0.39, 0.29) is 6.61 Å². The van der Waals surface area contributed by atoms with Gasteiger partial charge in [-0.05, 0) is 25.1 Å². The molecule has 0 bridgehead atoms. The summed E-state index contributed by atoms with van der Waals surface area (Å²) in [7, 11) is 1.32. The molecule has 4 N–H and O–H groups in total. The number of rotatable bonds is 8. The maximum Gasteiger partial charge on any atom is 0.337 e. The molecule has 0 aliphatic carbocycles. The summed E-state index contributed by atoms with van der Waals surface area (Å²) in [6.07, 6.45) is -1.05. The molecule has 0 unspecified atom stereocenters.